The second kappa shape index (κ2) is 5.67. The Hall–Kier alpha value is -2.14. The van der Waals surface area contributed by atoms with Gasteiger partial charge in [0.25, 0.3) is 0 Å². The molecular weight excluding hydrogens is 242 g/mol. The molecule has 0 aliphatic rings. The summed E-state index contributed by atoms with van der Waals surface area (Å²) in [5.41, 5.74) is 8.29. The molecule has 0 spiro atoms. The number of hydrogen-bond donors (Lipinski definition) is 1. The van der Waals surface area contributed by atoms with E-state index < -0.39 is 0 Å². The molecule has 0 saturated carbocycles. The highest BCUT2D eigenvalue weighted by atomic mass is 16.5. The van der Waals surface area contributed by atoms with Crippen molar-refractivity contribution in [2.24, 2.45) is 5.73 Å². The first-order valence-corrected chi connectivity index (χ1v) is 5.99. The molecule has 2 aromatic rings. The fraction of sp³-hybridized carbons (Fsp3) is 0.286. The lowest BCUT2D eigenvalue weighted by molar-refractivity contribution is 0.399. The minimum atomic E-state index is 0.333. The van der Waals surface area contributed by atoms with Gasteiger partial charge in [-0.1, -0.05) is 6.07 Å². The summed E-state index contributed by atoms with van der Waals surface area (Å²) in [6, 6.07) is 7.71. The zero-order valence-electron chi connectivity index (χ0n) is 11.3. The van der Waals surface area contributed by atoms with Crippen LogP contribution in [0.1, 0.15) is 17.0 Å². The van der Waals surface area contributed by atoms with E-state index in [-0.39, 0.29) is 0 Å². The summed E-state index contributed by atoms with van der Waals surface area (Å²) < 4.78 is 10.9. The van der Waals surface area contributed by atoms with E-state index in [0.29, 0.717) is 24.1 Å². The molecule has 1 aromatic heterocycles. The van der Waals surface area contributed by atoms with E-state index in [0.717, 1.165) is 17.0 Å². The van der Waals surface area contributed by atoms with Crippen LogP contribution >= 0.6 is 0 Å². The predicted octanol–water partition coefficient (Wildman–Crippen LogP) is 2.35. The molecule has 0 amide bonds. The van der Waals surface area contributed by atoms with Crippen LogP contribution < -0.4 is 15.2 Å². The van der Waals surface area contributed by atoms with Crippen LogP contribution in [0.5, 0.6) is 17.5 Å². The van der Waals surface area contributed by atoms with Crippen LogP contribution in [-0.4, -0.2) is 17.1 Å². The monoisotopic (exact) mass is 259 g/mol. The molecule has 100 valence electrons. The lowest BCUT2D eigenvalue weighted by Gasteiger charge is -2.10. The Morgan fingerprint density at radius 3 is 2.37 bits per heavy atom. The Morgan fingerprint density at radius 1 is 1.11 bits per heavy atom. The van der Waals surface area contributed by atoms with Crippen molar-refractivity contribution in [1.82, 2.24) is 9.97 Å². The van der Waals surface area contributed by atoms with Gasteiger partial charge in [-0.3, -0.25) is 0 Å². The zero-order chi connectivity index (χ0) is 13.8. The third-order valence-electron chi connectivity index (χ3n) is 2.65. The van der Waals surface area contributed by atoms with Gasteiger partial charge in [-0.15, -0.1) is 0 Å². The number of hydrogen-bond acceptors (Lipinski definition) is 5. The highest BCUT2D eigenvalue weighted by Gasteiger charge is 2.07. The Labute approximate surface area is 112 Å². The van der Waals surface area contributed by atoms with Gasteiger partial charge in [0, 0.05) is 29.6 Å². The molecule has 0 fully saturated rings. The molecule has 5 nitrogen and oxygen atoms in total. The van der Waals surface area contributed by atoms with Crippen LogP contribution in [0.4, 0.5) is 0 Å². The highest BCUT2D eigenvalue weighted by molar-refractivity contribution is 5.41. The summed E-state index contributed by atoms with van der Waals surface area (Å²) in [4.78, 5) is 8.46. The normalized spacial score (nSPS) is 10.3. The fourth-order valence-corrected chi connectivity index (χ4v) is 1.80. The summed E-state index contributed by atoms with van der Waals surface area (Å²) in [7, 11) is 1.60. The molecule has 0 aliphatic carbocycles. The van der Waals surface area contributed by atoms with Gasteiger partial charge >= 0.3 is 6.01 Å². The molecule has 0 atom stereocenters. The Bertz CT molecular complexity index is 565. The van der Waals surface area contributed by atoms with Crippen LogP contribution in [0.25, 0.3) is 0 Å². The topological polar surface area (TPSA) is 70.3 Å². The van der Waals surface area contributed by atoms with E-state index in [2.05, 4.69) is 9.97 Å². The highest BCUT2D eigenvalue weighted by Crippen LogP contribution is 2.26. The fourth-order valence-electron chi connectivity index (χ4n) is 1.80. The molecule has 0 bridgehead atoms. The van der Waals surface area contributed by atoms with Crippen molar-refractivity contribution in [2.45, 2.75) is 20.4 Å². The van der Waals surface area contributed by atoms with Crippen LogP contribution in [0, 0.1) is 13.8 Å². The van der Waals surface area contributed by atoms with Gasteiger partial charge in [0.2, 0.25) is 0 Å². The maximum atomic E-state index is 5.64. The summed E-state index contributed by atoms with van der Waals surface area (Å²) in [5.74, 6) is 1.32. The number of ether oxygens (including phenoxy) is 2. The van der Waals surface area contributed by atoms with E-state index in [4.69, 9.17) is 15.2 Å². The zero-order valence-corrected chi connectivity index (χ0v) is 11.3. The van der Waals surface area contributed by atoms with Gasteiger partial charge in [-0.05, 0) is 26.0 Å². The van der Waals surface area contributed by atoms with E-state index in [9.17, 15) is 0 Å². The molecule has 2 rings (SSSR count). The number of nitrogens with zero attached hydrogens (tertiary/aromatic N) is 2. The average molecular weight is 259 g/mol. The smallest absolute Gasteiger partial charge is 0.322 e. The van der Waals surface area contributed by atoms with E-state index in [1.54, 1.807) is 13.2 Å². The van der Waals surface area contributed by atoms with Crippen molar-refractivity contribution in [3.05, 3.63) is 41.2 Å². The minimum Gasteiger partial charge on any atom is -0.496 e. The van der Waals surface area contributed by atoms with Crippen LogP contribution in [0.2, 0.25) is 0 Å². The van der Waals surface area contributed by atoms with Gasteiger partial charge in [-0.25, -0.2) is 9.97 Å². The first kappa shape index (κ1) is 13.3. The summed E-state index contributed by atoms with van der Waals surface area (Å²) in [6.07, 6.45) is 0. The first-order valence-electron chi connectivity index (χ1n) is 5.99. The van der Waals surface area contributed by atoms with Crippen molar-refractivity contribution >= 4 is 0 Å². The SMILES string of the molecule is COc1cc(Oc2nc(C)cc(C)n2)ccc1CN. The van der Waals surface area contributed by atoms with Crippen molar-refractivity contribution in [3.63, 3.8) is 0 Å². The lowest BCUT2D eigenvalue weighted by atomic mass is 10.2. The molecule has 0 aliphatic heterocycles. The maximum absolute atomic E-state index is 5.64. The summed E-state index contributed by atoms with van der Waals surface area (Å²) in [5, 5.41) is 0. The Kier molecular flexibility index (Phi) is 3.97. The molecule has 0 unspecified atom stereocenters. The molecule has 1 aromatic carbocycles. The molecule has 2 N–H and O–H groups in total. The largest absolute Gasteiger partial charge is 0.496 e. The number of aromatic nitrogens is 2. The van der Waals surface area contributed by atoms with Gasteiger partial charge in [0.1, 0.15) is 11.5 Å². The number of methoxy groups -OCH3 is 1. The van der Waals surface area contributed by atoms with Crippen LogP contribution in [0.15, 0.2) is 24.3 Å². The molecule has 19 heavy (non-hydrogen) atoms. The van der Waals surface area contributed by atoms with E-state index in [1.165, 1.54) is 0 Å². The predicted molar refractivity (Wildman–Crippen MR) is 72.5 cm³/mol. The summed E-state index contributed by atoms with van der Waals surface area (Å²) in [6.45, 7) is 4.22. The quantitative estimate of drug-likeness (QED) is 0.912. The van der Waals surface area contributed by atoms with Crippen molar-refractivity contribution in [3.8, 4) is 17.5 Å². The van der Waals surface area contributed by atoms with Gasteiger partial charge < -0.3 is 15.2 Å². The third-order valence-corrected chi connectivity index (χ3v) is 2.65. The lowest BCUT2D eigenvalue weighted by Crippen LogP contribution is -2.00. The number of rotatable bonds is 4. The standard InChI is InChI=1S/C14H17N3O2/c1-9-6-10(2)17-14(16-9)19-12-5-4-11(8-15)13(7-12)18-3/h4-7H,8,15H2,1-3H3. The second-order valence-electron chi connectivity index (χ2n) is 4.21. The average Bonchev–Trinajstić information content (AvgIpc) is 2.37. The molecule has 5 heteroatoms. The van der Waals surface area contributed by atoms with Gasteiger partial charge in [-0.2, -0.15) is 0 Å². The van der Waals surface area contributed by atoms with Crippen LogP contribution in [0.3, 0.4) is 0 Å². The third kappa shape index (κ3) is 3.20. The van der Waals surface area contributed by atoms with E-state index >= 15 is 0 Å². The molecular formula is C14H17N3O2. The summed E-state index contributed by atoms with van der Waals surface area (Å²) >= 11 is 0. The van der Waals surface area contributed by atoms with Gasteiger partial charge in [0.05, 0.1) is 7.11 Å². The molecule has 1 heterocycles. The second-order valence-corrected chi connectivity index (χ2v) is 4.21. The van der Waals surface area contributed by atoms with Gasteiger partial charge in [0.15, 0.2) is 0 Å². The van der Waals surface area contributed by atoms with Crippen molar-refractivity contribution in [1.29, 1.82) is 0 Å². The Morgan fingerprint density at radius 2 is 1.79 bits per heavy atom. The molecule has 0 saturated heterocycles. The Balaban J connectivity index is 2.28. The molecule has 0 radical (unpaired) electrons. The number of aryl methyl sites for hydroxylation is 2. The minimum absolute atomic E-state index is 0.333. The van der Waals surface area contributed by atoms with Crippen molar-refractivity contribution < 1.29 is 9.47 Å². The number of nitrogens with two attached hydrogens (primary N) is 1. The van der Waals surface area contributed by atoms with Crippen molar-refractivity contribution in [2.75, 3.05) is 7.11 Å². The van der Waals surface area contributed by atoms with Crippen LogP contribution in [-0.2, 0) is 6.54 Å². The van der Waals surface area contributed by atoms with E-state index in [1.807, 2.05) is 32.0 Å². The number of benzene rings is 1. The first-order chi connectivity index (χ1) is 9.12. The maximum Gasteiger partial charge on any atom is 0.322 e.